The van der Waals surface area contributed by atoms with Crippen LogP contribution in [0.2, 0.25) is 0 Å². The van der Waals surface area contributed by atoms with Gasteiger partial charge >= 0.3 is 0 Å². The Morgan fingerprint density at radius 3 is 2.42 bits per heavy atom. The molecule has 3 N–H and O–H groups in total. The highest BCUT2D eigenvalue weighted by atomic mass is 16.8. The van der Waals surface area contributed by atoms with Crippen LogP contribution in [-0.2, 0) is 4.79 Å². The van der Waals surface area contributed by atoms with Crippen LogP contribution >= 0.6 is 0 Å². The lowest BCUT2D eigenvalue weighted by Crippen LogP contribution is -2.99. The van der Waals surface area contributed by atoms with Gasteiger partial charge in [0.25, 0.3) is 0 Å². The Labute approximate surface area is 179 Å². The predicted octanol–water partition coefficient (Wildman–Crippen LogP) is 3.87. The Bertz CT molecular complexity index is 1260. The average Bonchev–Trinajstić information content (AvgIpc) is 3.11. The minimum atomic E-state index is -0.983. The number of carbonyl (C=O) groups is 1. The number of imidazole rings is 1. The molecule has 0 radical (unpaired) electrons. The zero-order chi connectivity index (χ0) is 22.0. The van der Waals surface area contributed by atoms with Gasteiger partial charge in [0.05, 0.1) is 11.0 Å². The van der Waals surface area contributed by atoms with Gasteiger partial charge in [-0.3, -0.25) is 9.36 Å². The number of aryl methyl sites for hydroxylation is 1. The van der Waals surface area contributed by atoms with E-state index < -0.39 is 5.23 Å². The molecule has 156 valence electrons. The van der Waals surface area contributed by atoms with Crippen molar-refractivity contribution >= 4 is 40.5 Å². The minimum Gasteiger partial charge on any atom is -0.595 e. The van der Waals surface area contributed by atoms with Crippen LogP contribution in [-0.4, -0.2) is 20.7 Å². The van der Waals surface area contributed by atoms with Gasteiger partial charge in [-0.05, 0) is 48.9 Å². The van der Waals surface area contributed by atoms with Crippen LogP contribution in [0, 0.1) is 12.1 Å². The van der Waals surface area contributed by atoms with Gasteiger partial charge in [0.1, 0.15) is 5.82 Å². The Morgan fingerprint density at radius 1 is 1.06 bits per heavy atom. The van der Waals surface area contributed by atoms with E-state index in [9.17, 15) is 15.2 Å². The van der Waals surface area contributed by atoms with Gasteiger partial charge in [0.2, 0.25) is 5.91 Å². The third-order valence-corrected chi connectivity index (χ3v) is 4.88. The first-order chi connectivity index (χ1) is 14.9. The van der Waals surface area contributed by atoms with Gasteiger partial charge in [0, 0.05) is 30.4 Å². The number of aromatic nitrogens is 2. The topological polar surface area (TPSA) is 94.7 Å². The number of quaternary nitrogens is 1. The summed E-state index contributed by atoms with van der Waals surface area (Å²) in [5.41, 5.74) is 5.41. The van der Waals surface area contributed by atoms with Gasteiger partial charge in [-0.1, -0.05) is 35.9 Å². The molecule has 1 unspecified atom stereocenters. The first-order valence-corrected chi connectivity index (χ1v) is 9.79. The smallest absolute Gasteiger partial charge is 0.221 e. The van der Waals surface area contributed by atoms with Crippen LogP contribution in [0.5, 0.6) is 0 Å². The van der Waals surface area contributed by atoms with E-state index in [0.717, 1.165) is 28.0 Å². The third kappa shape index (κ3) is 4.54. The molecular weight excluding hydrogens is 392 g/mol. The fraction of sp³-hybridized carbons (Fsp3) is 0.0833. The van der Waals surface area contributed by atoms with Gasteiger partial charge in [0.15, 0.2) is 5.69 Å². The number of carbonyl (C=O) groups excluding carboxylic acids is 1. The van der Waals surface area contributed by atoms with E-state index in [1.807, 2.05) is 72.2 Å². The van der Waals surface area contributed by atoms with E-state index in [1.54, 1.807) is 18.2 Å². The van der Waals surface area contributed by atoms with Crippen molar-refractivity contribution in [3.05, 3.63) is 88.9 Å². The Morgan fingerprint density at radius 2 is 1.77 bits per heavy atom. The number of hydrogen-bond donors (Lipinski definition) is 3. The summed E-state index contributed by atoms with van der Waals surface area (Å²) in [5.74, 6) is 0.572. The number of benzene rings is 3. The van der Waals surface area contributed by atoms with E-state index in [-0.39, 0.29) is 11.6 Å². The molecule has 0 aliphatic heterocycles. The van der Waals surface area contributed by atoms with E-state index >= 15 is 0 Å². The normalized spacial score (nSPS) is 12.4. The lowest BCUT2D eigenvalue weighted by Gasteiger charge is -2.11. The summed E-state index contributed by atoms with van der Waals surface area (Å²) in [7, 11) is 0. The molecule has 0 aliphatic carbocycles. The van der Waals surface area contributed by atoms with E-state index in [2.05, 4.69) is 10.3 Å². The van der Waals surface area contributed by atoms with Gasteiger partial charge < -0.3 is 10.5 Å². The number of anilines is 1. The third-order valence-electron chi connectivity index (χ3n) is 4.88. The fourth-order valence-corrected chi connectivity index (χ4v) is 3.36. The number of fused-ring (bicyclic) bond motifs is 1. The molecule has 0 saturated carbocycles. The molecule has 0 aliphatic rings. The first-order valence-electron chi connectivity index (χ1n) is 9.79. The van der Waals surface area contributed by atoms with Crippen LogP contribution in [0.25, 0.3) is 28.9 Å². The Kier molecular flexibility index (Phi) is 5.64. The summed E-state index contributed by atoms with van der Waals surface area (Å²) in [6, 6.07) is 20.5. The number of nitrogens with zero attached hydrogens (tertiary/aromatic N) is 2. The molecule has 1 atom stereocenters. The van der Waals surface area contributed by atoms with E-state index in [1.165, 1.54) is 6.92 Å². The van der Waals surface area contributed by atoms with E-state index in [4.69, 9.17) is 0 Å². The zero-order valence-corrected chi connectivity index (χ0v) is 17.2. The Hall–Kier alpha value is -3.78. The first kappa shape index (κ1) is 20.5. The molecule has 1 amide bonds. The molecule has 7 nitrogen and oxygen atoms in total. The molecule has 0 spiro atoms. The largest absolute Gasteiger partial charge is 0.595 e. The maximum absolute atomic E-state index is 11.4. The molecule has 1 heterocycles. The van der Waals surface area contributed by atoms with Crippen molar-refractivity contribution in [2.75, 3.05) is 5.32 Å². The molecule has 3 aromatic carbocycles. The number of hydrogen-bond acceptors (Lipinski definition) is 4. The number of amides is 1. The maximum Gasteiger partial charge on any atom is 0.221 e. The predicted molar refractivity (Wildman–Crippen MR) is 121 cm³/mol. The summed E-state index contributed by atoms with van der Waals surface area (Å²) in [6.45, 7) is 3.50. The highest BCUT2D eigenvalue weighted by molar-refractivity contribution is 5.89. The zero-order valence-electron chi connectivity index (χ0n) is 17.2. The SMILES string of the molecule is CC(=O)Nc1ccc(C=Cc2nc3cc([NH+]([O-])O)ccc3n2-c2ccc(C)cc2)cc1. The van der Waals surface area contributed by atoms with Gasteiger partial charge in [-0.2, -0.15) is 5.23 Å². The standard InChI is InChI=1S/C24H22N4O3/c1-16-3-10-20(11-4-16)27-23-13-12-21(28(30)31)15-22(23)26-24(27)14-7-18-5-8-19(9-6-18)25-17(2)29/h3-15,28,30H,1-2H3,(H,25,29). The molecule has 31 heavy (non-hydrogen) atoms. The van der Waals surface area contributed by atoms with Crippen molar-refractivity contribution in [2.24, 2.45) is 0 Å². The summed E-state index contributed by atoms with van der Waals surface area (Å²) in [4.78, 5) is 15.9. The van der Waals surface area contributed by atoms with Crippen LogP contribution in [0.1, 0.15) is 23.9 Å². The quantitative estimate of drug-likeness (QED) is 0.432. The number of rotatable bonds is 5. The van der Waals surface area contributed by atoms with Crippen LogP contribution < -0.4 is 10.5 Å². The van der Waals surface area contributed by atoms with Crippen molar-refractivity contribution in [1.82, 2.24) is 9.55 Å². The van der Waals surface area contributed by atoms with Gasteiger partial charge in [-0.15, -0.1) is 0 Å². The van der Waals surface area contributed by atoms with Crippen molar-refractivity contribution < 1.29 is 15.2 Å². The molecule has 7 heteroatoms. The minimum absolute atomic E-state index is 0.115. The van der Waals surface area contributed by atoms with Crippen LogP contribution in [0.4, 0.5) is 11.4 Å². The fourth-order valence-electron chi connectivity index (χ4n) is 3.36. The molecule has 0 saturated heterocycles. The molecule has 1 aromatic heterocycles. The lowest BCUT2D eigenvalue weighted by molar-refractivity contribution is -0.991. The van der Waals surface area contributed by atoms with Gasteiger partial charge in [-0.25, -0.2) is 10.2 Å². The summed E-state index contributed by atoms with van der Waals surface area (Å²) < 4.78 is 2.00. The second-order valence-electron chi connectivity index (χ2n) is 7.29. The van der Waals surface area contributed by atoms with Crippen molar-refractivity contribution in [1.29, 1.82) is 0 Å². The molecule has 4 aromatic rings. The second-order valence-corrected chi connectivity index (χ2v) is 7.29. The molecular formula is C24H22N4O3. The van der Waals surface area contributed by atoms with Crippen molar-refractivity contribution in [3.63, 3.8) is 0 Å². The van der Waals surface area contributed by atoms with Crippen LogP contribution in [0.15, 0.2) is 66.7 Å². The van der Waals surface area contributed by atoms with Crippen molar-refractivity contribution in [3.8, 4) is 5.69 Å². The van der Waals surface area contributed by atoms with E-state index in [0.29, 0.717) is 11.3 Å². The highest BCUT2D eigenvalue weighted by Crippen LogP contribution is 2.25. The average molecular weight is 414 g/mol. The van der Waals surface area contributed by atoms with Crippen molar-refractivity contribution in [2.45, 2.75) is 13.8 Å². The maximum atomic E-state index is 11.4. The Balaban J connectivity index is 1.76. The summed E-state index contributed by atoms with van der Waals surface area (Å²) >= 11 is 0. The monoisotopic (exact) mass is 414 g/mol. The summed E-state index contributed by atoms with van der Waals surface area (Å²) in [6.07, 6.45) is 3.83. The molecule has 0 bridgehead atoms. The number of nitrogens with one attached hydrogen (secondary N) is 2. The molecule has 4 rings (SSSR count). The lowest BCUT2D eigenvalue weighted by atomic mass is 10.2. The highest BCUT2D eigenvalue weighted by Gasteiger charge is 2.13. The molecule has 0 fully saturated rings. The second kappa shape index (κ2) is 8.53. The summed E-state index contributed by atoms with van der Waals surface area (Å²) in [5, 5.41) is 22.5. The van der Waals surface area contributed by atoms with Crippen LogP contribution in [0.3, 0.4) is 0 Å².